The molecule has 33 heavy (non-hydrogen) atoms. The molecule has 8 heteroatoms. The smallest absolute Gasteiger partial charge is 0.237 e. The highest BCUT2D eigenvalue weighted by Crippen LogP contribution is 2.34. The molecule has 0 aliphatic heterocycles. The van der Waals surface area contributed by atoms with Gasteiger partial charge in [0.1, 0.15) is 0 Å². The van der Waals surface area contributed by atoms with Crippen LogP contribution < -0.4 is 14.9 Å². The van der Waals surface area contributed by atoms with Gasteiger partial charge in [0.2, 0.25) is 11.8 Å². The lowest BCUT2D eigenvalue weighted by molar-refractivity contribution is 0.271. The number of nitrogens with one attached hydrogen (secondary N) is 2. The highest BCUT2D eigenvalue weighted by Gasteiger charge is 2.13. The second-order valence-electron chi connectivity index (χ2n) is 7.26. The first-order valence-corrected chi connectivity index (χ1v) is 11.4. The van der Waals surface area contributed by atoms with Crippen LogP contribution in [0.1, 0.15) is 11.1 Å². The van der Waals surface area contributed by atoms with Gasteiger partial charge in [-0.15, -0.1) is 0 Å². The van der Waals surface area contributed by atoms with E-state index in [-0.39, 0.29) is 0 Å². The summed E-state index contributed by atoms with van der Waals surface area (Å²) in [4.78, 5) is 15.2. The van der Waals surface area contributed by atoms with Gasteiger partial charge in [0.05, 0.1) is 23.5 Å². The van der Waals surface area contributed by atoms with E-state index in [1.165, 1.54) is 11.9 Å². The lowest BCUT2D eigenvalue weighted by atomic mass is 10.1. The molecule has 0 aliphatic carbocycles. The molecule has 0 bridgehead atoms. The Morgan fingerprint density at radius 2 is 1.67 bits per heavy atom. The summed E-state index contributed by atoms with van der Waals surface area (Å²) in [5, 5.41) is 0.525. The molecule has 0 saturated heterocycles. The summed E-state index contributed by atoms with van der Waals surface area (Å²) in [5.74, 6) is 1.40. The van der Waals surface area contributed by atoms with Crippen LogP contribution in [-0.4, -0.2) is 17.1 Å². The van der Waals surface area contributed by atoms with Crippen LogP contribution in [0.3, 0.4) is 0 Å². The van der Waals surface area contributed by atoms with E-state index < -0.39 is 0 Å². The van der Waals surface area contributed by atoms with E-state index in [2.05, 4.69) is 15.2 Å². The van der Waals surface area contributed by atoms with E-state index in [0.717, 1.165) is 33.0 Å². The van der Waals surface area contributed by atoms with Crippen molar-refractivity contribution in [1.29, 1.82) is 0 Å². The van der Waals surface area contributed by atoms with Crippen molar-refractivity contribution < 1.29 is 9.57 Å². The fourth-order valence-corrected chi connectivity index (χ4v) is 4.11. The molecule has 4 aromatic rings. The molecule has 168 valence electrons. The van der Waals surface area contributed by atoms with E-state index in [9.17, 15) is 0 Å². The Hall–Kier alpha value is -3.26. The number of hydrogen-bond donors (Lipinski definition) is 2. The Morgan fingerprint density at radius 1 is 0.879 bits per heavy atom. The van der Waals surface area contributed by atoms with Gasteiger partial charge in [-0.05, 0) is 61.2 Å². The van der Waals surface area contributed by atoms with Crippen molar-refractivity contribution in [3.63, 3.8) is 0 Å². The maximum atomic E-state index is 6.38. The fourth-order valence-electron chi connectivity index (χ4n) is 3.22. The summed E-state index contributed by atoms with van der Waals surface area (Å²) < 4.78 is 9.36. The van der Waals surface area contributed by atoms with Crippen LogP contribution in [0.15, 0.2) is 77.7 Å². The number of anilines is 2. The van der Waals surface area contributed by atoms with E-state index in [0.29, 0.717) is 22.6 Å². The van der Waals surface area contributed by atoms with Crippen LogP contribution in [0.25, 0.3) is 11.3 Å². The van der Waals surface area contributed by atoms with Gasteiger partial charge in [-0.25, -0.2) is 4.98 Å². The molecular weight excluding hydrogens is 456 g/mol. The first-order valence-electron chi connectivity index (χ1n) is 10.2. The first-order chi connectivity index (χ1) is 16.0. The SMILES string of the molecule is CONc1cccc(SNc2nc(Oc3c(C)cccc3Cl)cc(-c3ccccc3C)n2)c1. The van der Waals surface area contributed by atoms with Crippen LogP contribution in [0, 0.1) is 13.8 Å². The summed E-state index contributed by atoms with van der Waals surface area (Å²) in [6.45, 7) is 3.99. The van der Waals surface area contributed by atoms with Crippen LogP contribution in [0.4, 0.5) is 11.6 Å². The molecule has 0 radical (unpaired) electrons. The summed E-state index contributed by atoms with van der Waals surface area (Å²) in [6, 6.07) is 23.3. The third-order valence-electron chi connectivity index (χ3n) is 4.81. The number of aryl methyl sites for hydroxylation is 2. The number of benzene rings is 3. The largest absolute Gasteiger partial charge is 0.437 e. The summed E-state index contributed by atoms with van der Waals surface area (Å²) in [6.07, 6.45) is 0. The van der Waals surface area contributed by atoms with Gasteiger partial charge in [-0.2, -0.15) is 4.98 Å². The number of para-hydroxylation sites is 1. The molecule has 1 heterocycles. The third kappa shape index (κ3) is 5.76. The molecule has 0 amide bonds. The normalized spacial score (nSPS) is 10.7. The van der Waals surface area contributed by atoms with Crippen molar-refractivity contribution in [1.82, 2.24) is 9.97 Å². The molecule has 0 spiro atoms. The zero-order chi connectivity index (χ0) is 23.2. The fraction of sp³-hybridized carbons (Fsp3) is 0.120. The Kier molecular flexibility index (Phi) is 7.34. The summed E-state index contributed by atoms with van der Waals surface area (Å²) >= 11 is 7.77. The molecule has 0 fully saturated rings. The number of ether oxygens (including phenoxy) is 1. The zero-order valence-corrected chi connectivity index (χ0v) is 20.0. The van der Waals surface area contributed by atoms with E-state index in [1.54, 1.807) is 13.2 Å². The van der Waals surface area contributed by atoms with Crippen molar-refractivity contribution in [3.8, 4) is 22.9 Å². The molecule has 0 aliphatic rings. The number of hydrogen-bond acceptors (Lipinski definition) is 7. The predicted octanol–water partition coefficient (Wildman–Crippen LogP) is 7.30. The van der Waals surface area contributed by atoms with Crippen molar-refractivity contribution in [2.24, 2.45) is 0 Å². The summed E-state index contributed by atoms with van der Waals surface area (Å²) in [7, 11) is 1.57. The van der Waals surface area contributed by atoms with Gasteiger partial charge in [-0.3, -0.25) is 15.0 Å². The Labute approximate surface area is 202 Å². The van der Waals surface area contributed by atoms with Gasteiger partial charge in [0, 0.05) is 16.5 Å². The maximum Gasteiger partial charge on any atom is 0.237 e. The molecule has 0 unspecified atom stereocenters. The van der Waals surface area contributed by atoms with Crippen molar-refractivity contribution in [2.75, 3.05) is 17.3 Å². The average Bonchev–Trinajstić information content (AvgIpc) is 2.81. The van der Waals surface area contributed by atoms with Crippen molar-refractivity contribution >= 4 is 35.2 Å². The molecule has 6 nitrogen and oxygen atoms in total. The highest BCUT2D eigenvalue weighted by atomic mass is 35.5. The molecule has 3 aromatic carbocycles. The summed E-state index contributed by atoms with van der Waals surface area (Å²) in [5.41, 5.74) is 7.45. The van der Waals surface area contributed by atoms with E-state index >= 15 is 0 Å². The lowest BCUT2D eigenvalue weighted by Crippen LogP contribution is -2.01. The molecule has 4 rings (SSSR count). The number of aromatic nitrogens is 2. The molecule has 0 saturated carbocycles. The lowest BCUT2D eigenvalue weighted by Gasteiger charge is -2.13. The molecule has 2 N–H and O–H groups in total. The van der Waals surface area contributed by atoms with E-state index in [4.69, 9.17) is 26.2 Å². The molecule has 0 atom stereocenters. The predicted molar refractivity (Wildman–Crippen MR) is 135 cm³/mol. The molecule has 1 aromatic heterocycles. The minimum absolute atomic E-state index is 0.400. The number of nitrogens with zero attached hydrogens (tertiary/aromatic N) is 2. The minimum atomic E-state index is 0.400. The monoisotopic (exact) mass is 478 g/mol. The first kappa shape index (κ1) is 22.9. The quantitative estimate of drug-likeness (QED) is 0.203. The van der Waals surface area contributed by atoms with Crippen molar-refractivity contribution in [2.45, 2.75) is 18.7 Å². The standard InChI is InChI=1S/C25H23ClN4O2S/c1-16-8-4-5-12-20(16)22-15-23(32-24-17(2)9-6-13-21(24)26)28-25(27-22)30-33-19-11-7-10-18(14-19)29-31-3/h4-15,29H,1-3H3,(H,27,28,30). The van der Waals surface area contributed by atoms with Gasteiger partial charge in [0.25, 0.3) is 0 Å². The van der Waals surface area contributed by atoms with Gasteiger partial charge < -0.3 is 4.74 Å². The van der Waals surface area contributed by atoms with Gasteiger partial charge >= 0.3 is 0 Å². The average molecular weight is 479 g/mol. The Morgan fingerprint density at radius 3 is 2.45 bits per heavy atom. The van der Waals surface area contributed by atoms with E-state index in [1.807, 2.05) is 80.6 Å². The van der Waals surface area contributed by atoms with Crippen molar-refractivity contribution in [3.05, 3.63) is 88.9 Å². The van der Waals surface area contributed by atoms with Crippen LogP contribution in [-0.2, 0) is 4.84 Å². The number of rotatable bonds is 8. The second-order valence-corrected chi connectivity index (χ2v) is 8.54. The van der Waals surface area contributed by atoms with Crippen LogP contribution in [0.2, 0.25) is 5.02 Å². The topological polar surface area (TPSA) is 68.3 Å². The minimum Gasteiger partial charge on any atom is -0.437 e. The molecular formula is C25H23ClN4O2S. The Balaban J connectivity index is 1.67. The van der Waals surface area contributed by atoms with Crippen LogP contribution in [0.5, 0.6) is 11.6 Å². The third-order valence-corrected chi connectivity index (χ3v) is 5.88. The highest BCUT2D eigenvalue weighted by molar-refractivity contribution is 8.00. The van der Waals surface area contributed by atoms with Gasteiger partial charge in [0.15, 0.2) is 5.75 Å². The maximum absolute atomic E-state index is 6.38. The number of halogens is 1. The van der Waals surface area contributed by atoms with Crippen LogP contribution >= 0.6 is 23.5 Å². The van der Waals surface area contributed by atoms with Gasteiger partial charge in [-0.1, -0.05) is 54.1 Å². The zero-order valence-electron chi connectivity index (χ0n) is 18.4. The second kappa shape index (κ2) is 10.6. The Bertz CT molecular complexity index is 1250.